The molecular weight excluding hydrogens is 266 g/mol. The van der Waals surface area contributed by atoms with Crippen molar-refractivity contribution in [2.45, 2.75) is 26.1 Å². The molecule has 0 bridgehead atoms. The number of rotatable bonds is 6. The lowest BCUT2D eigenvalue weighted by molar-refractivity contribution is 0.146. The third kappa shape index (κ3) is 3.32. The van der Waals surface area contributed by atoms with Crippen molar-refractivity contribution in [2.24, 2.45) is 0 Å². The number of aliphatic hydroxyl groups excluding tert-OH is 1. The van der Waals surface area contributed by atoms with Crippen LogP contribution in [0.3, 0.4) is 0 Å². The van der Waals surface area contributed by atoms with E-state index in [-0.39, 0.29) is 0 Å². The maximum atomic E-state index is 9.97. The number of aliphatic hydroxyl groups is 1. The Balaban J connectivity index is 1.56. The number of fused-ring (bicyclic) bond motifs is 1. The van der Waals surface area contributed by atoms with Crippen molar-refractivity contribution < 1.29 is 9.52 Å². The van der Waals surface area contributed by atoms with Gasteiger partial charge in [0.2, 0.25) is 0 Å². The fraction of sp³-hybridized carbons (Fsp3) is 0.312. The quantitative estimate of drug-likeness (QED) is 0.728. The summed E-state index contributed by atoms with van der Waals surface area (Å²) in [5.74, 6) is 0.913. The predicted molar refractivity (Wildman–Crippen MR) is 80.9 cm³/mol. The highest BCUT2D eigenvalue weighted by atomic mass is 16.3. The molecule has 5 nitrogen and oxygen atoms in total. The van der Waals surface area contributed by atoms with Crippen LogP contribution in [0.1, 0.15) is 11.3 Å². The van der Waals surface area contributed by atoms with E-state index in [9.17, 15) is 5.11 Å². The molecule has 0 aliphatic rings. The van der Waals surface area contributed by atoms with Crippen molar-refractivity contribution >= 4 is 11.0 Å². The standard InChI is InChI=1S/C16H19N3O2/c1-12-8-13-4-2-5-14(16(13)21-12)9-17-10-15(20)11-19-7-3-6-18-19/h2-8,15,17,20H,9-11H2,1H3. The number of hydrogen-bond acceptors (Lipinski definition) is 4. The van der Waals surface area contributed by atoms with E-state index in [1.807, 2.05) is 43.5 Å². The number of furan rings is 1. The van der Waals surface area contributed by atoms with Gasteiger partial charge >= 0.3 is 0 Å². The molecule has 110 valence electrons. The number of para-hydroxylation sites is 1. The topological polar surface area (TPSA) is 63.2 Å². The van der Waals surface area contributed by atoms with E-state index in [0.29, 0.717) is 19.6 Å². The van der Waals surface area contributed by atoms with Gasteiger partial charge in [-0.25, -0.2) is 0 Å². The zero-order valence-electron chi connectivity index (χ0n) is 12.0. The molecular formula is C16H19N3O2. The normalized spacial score (nSPS) is 12.9. The van der Waals surface area contributed by atoms with Crippen LogP contribution in [0.4, 0.5) is 0 Å². The second kappa shape index (κ2) is 6.11. The third-order valence-corrected chi connectivity index (χ3v) is 3.40. The molecule has 3 aromatic rings. The van der Waals surface area contributed by atoms with Gasteiger partial charge in [-0.15, -0.1) is 0 Å². The lowest BCUT2D eigenvalue weighted by Gasteiger charge is -2.12. The highest BCUT2D eigenvalue weighted by Crippen LogP contribution is 2.22. The van der Waals surface area contributed by atoms with Crippen LogP contribution in [-0.2, 0) is 13.1 Å². The first-order chi connectivity index (χ1) is 10.2. The summed E-state index contributed by atoms with van der Waals surface area (Å²) in [6, 6.07) is 9.99. The molecule has 0 aliphatic heterocycles. The van der Waals surface area contributed by atoms with Gasteiger partial charge in [-0.2, -0.15) is 5.10 Å². The Bertz CT molecular complexity index is 703. The maximum Gasteiger partial charge on any atom is 0.138 e. The fourth-order valence-corrected chi connectivity index (χ4v) is 2.45. The first-order valence-electron chi connectivity index (χ1n) is 7.06. The zero-order chi connectivity index (χ0) is 14.7. The minimum Gasteiger partial charge on any atom is -0.461 e. The van der Waals surface area contributed by atoms with Crippen LogP contribution < -0.4 is 5.32 Å². The molecule has 1 atom stereocenters. The molecule has 0 radical (unpaired) electrons. The summed E-state index contributed by atoms with van der Waals surface area (Å²) in [6.45, 7) is 3.62. The van der Waals surface area contributed by atoms with Gasteiger partial charge in [0.05, 0.1) is 12.6 Å². The minimum atomic E-state index is -0.470. The molecule has 2 aromatic heterocycles. The number of nitrogens with zero attached hydrogens (tertiary/aromatic N) is 2. The van der Waals surface area contributed by atoms with Crippen molar-refractivity contribution in [1.82, 2.24) is 15.1 Å². The molecule has 1 unspecified atom stereocenters. The molecule has 0 aliphatic carbocycles. The van der Waals surface area contributed by atoms with E-state index >= 15 is 0 Å². The van der Waals surface area contributed by atoms with Crippen molar-refractivity contribution in [1.29, 1.82) is 0 Å². The lowest BCUT2D eigenvalue weighted by atomic mass is 10.1. The Morgan fingerprint density at radius 2 is 2.29 bits per heavy atom. The third-order valence-electron chi connectivity index (χ3n) is 3.40. The molecule has 5 heteroatoms. The van der Waals surface area contributed by atoms with E-state index in [1.54, 1.807) is 10.9 Å². The van der Waals surface area contributed by atoms with Gasteiger partial charge in [-0.05, 0) is 19.1 Å². The Morgan fingerprint density at radius 3 is 3.10 bits per heavy atom. The summed E-state index contributed by atoms with van der Waals surface area (Å²) in [6.07, 6.45) is 3.08. The molecule has 1 aromatic carbocycles. The molecule has 0 saturated heterocycles. The summed E-state index contributed by atoms with van der Waals surface area (Å²) in [5, 5.41) is 18.4. The number of aryl methyl sites for hydroxylation is 1. The van der Waals surface area contributed by atoms with Crippen LogP contribution >= 0.6 is 0 Å². The van der Waals surface area contributed by atoms with Gasteiger partial charge in [-0.3, -0.25) is 4.68 Å². The number of hydrogen-bond donors (Lipinski definition) is 2. The SMILES string of the molecule is Cc1cc2cccc(CNCC(O)Cn3cccn3)c2o1. The van der Waals surface area contributed by atoms with E-state index in [0.717, 1.165) is 22.3 Å². The van der Waals surface area contributed by atoms with Crippen LogP contribution in [0.2, 0.25) is 0 Å². The number of benzene rings is 1. The monoisotopic (exact) mass is 285 g/mol. The van der Waals surface area contributed by atoms with Gasteiger partial charge in [0.1, 0.15) is 11.3 Å². The molecule has 0 spiro atoms. The highest BCUT2D eigenvalue weighted by molar-refractivity contribution is 5.81. The molecule has 0 fully saturated rings. The Labute approximate surface area is 123 Å². The van der Waals surface area contributed by atoms with Crippen molar-refractivity contribution in [3.05, 3.63) is 54.0 Å². The predicted octanol–water partition coefficient (Wildman–Crippen LogP) is 2.09. The Morgan fingerprint density at radius 1 is 1.38 bits per heavy atom. The number of nitrogens with one attached hydrogen (secondary N) is 1. The van der Waals surface area contributed by atoms with Gasteiger partial charge in [-0.1, -0.05) is 18.2 Å². The smallest absolute Gasteiger partial charge is 0.138 e. The summed E-state index contributed by atoms with van der Waals surface area (Å²) >= 11 is 0. The molecule has 21 heavy (non-hydrogen) atoms. The van der Waals surface area contributed by atoms with Crippen molar-refractivity contribution in [3.8, 4) is 0 Å². The molecule has 0 amide bonds. The molecule has 2 heterocycles. The molecule has 0 saturated carbocycles. The van der Waals surface area contributed by atoms with Gasteiger partial charge in [0.25, 0.3) is 0 Å². The summed E-state index contributed by atoms with van der Waals surface area (Å²) < 4.78 is 7.45. The molecule has 2 N–H and O–H groups in total. The van der Waals surface area contributed by atoms with Gasteiger partial charge < -0.3 is 14.8 Å². The summed E-state index contributed by atoms with van der Waals surface area (Å²) in [5.41, 5.74) is 2.02. The average Bonchev–Trinajstić information content (AvgIpc) is 3.07. The van der Waals surface area contributed by atoms with Crippen molar-refractivity contribution in [3.63, 3.8) is 0 Å². The number of aromatic nitrogens is 2. The highest BCUT2D eigenvalue weighted by Gasteiger charge is 2.08. The van der Waals surface area contributed by atoms with Crippen LogP contribution in [0, 0.1) is 6.92 Å². The van der Waals surface area contributed by atoms with E-state index in [4.69, 9.17) is 4.42 Å². The molecule has 3 rings (SSSR count). The van der Waals surface area contributed by atoms with E-state index < -0.39 is 6.10 Å². The van der Waals surface area contributed by atoms with E-state index in [2.05, 4.69) is 10.4 Å². The van der Waals surface area contributed by atoms with Gasteiger partial charge in [0.15, 0.2) is 0 Å². The van der Waals surface area contributed by atoms with Crippen LogP contribution in [0.15, 0.2) is 47.1 Å². The van der Waals surface area contributed by atoms with Crippen molar-refractivity contribution in [2.75, 3.05) is 6.54 Å². The summed E-state index contributed by atoms with van der Waals surface area (Å²) in [7, 11) is 0. The Hall–Kier alpha value is -2.11. The second-order valence-corrected chi connectivity index (χ2v) is 5.21. The first kappa shape index (κ1) is 13.9. The average molecular weight is 285 g/mol. The first-order valence-corrected chi connectivity index (χ1v) is 7.06. The fourth-order valence-electron chi connectivity index (χ4n) is 2.45. The van der Waals surface area contributed by atoms with Gasteiger partial charge in [0, 0.05) is 36.4 Å². The maximum absolute atomic E-state index is 9.97. The zero-order valence-corrected chi connectivity index (χ0v) is 12.0. The second-order valence-electron chi connectivity index (χ2n) is 5.21. The van der Waals surface area contributed by atoms with Crippen LogP contribution in [0.5, 0.6) is 0 Å². The van der Waals surface area contributed by atoms with E-state index in [1.165, 1.54) is 0 Å². The largest absolute Gasteiger partial charge is 0.461 e. The Kier molecular flexibility index (Phi) is 4.03. The summed E-state index contributed by atoms with van der Waals surface area (Å²) in [4.78, 5) is 0. The minimum absolute atomic E-state index is 0.470. The lowest BCUT2D eigenvalue weighted by Crippen LogP contribution is -2.30. The van der Waals surface area contributed by atoms with Crippen LogP contribution in [-0.4, -0.2) is 27.5 Å². The van der Waals surface area contributed by atoms with Crippen LogP contribution in [0.25, 0.3) is 11.0 Å².